The predicted molar refractivity (Wildman–Crippen MR) is 81.7 cm³/mol. The van der Waals surface area contributed by atoms with Gasteiger partial charge in [0.1, 0.15) is 17.3 Å². The van der Waals surface area contributed by atoms with Gasteiger partial charge in [-0.25, -0.2) is 8.78 Å². The SMILES string of the molecule is CCn1cc(CN[C@H]2CCN(c3c(F)cccc3F)C2)cn1. The Kier molecular flexibility index (Phi) is 4.38. The number of hydrogen-bond donors (Lipinski definition) is 1. The molecule has 1 aliphatic heterocycles. The molecule has 2 aromatic rings. The first-order valence-corrected chi connectivity index (χ1v) is 7.61. The van der Waals surface area contributed by atoms with Gasteiger partial charge < -0.3 is 10.2 Å². The summed E-state index contributed by atoms with van der Waals surface area (Å²) in [6.07, 6.45) is 4.73. The molecule has 1 aromatic carbocycles. The minimum absolute atomic E-state index is 0.0885. The molecule has 0 bridgehead atoms. The van der Waals surface area contributed by atoms with Crippen LogP contribution in [0.3, 0.4) is 0 Å². The maximum atomic E-state index is 13.8. The average molecular weight is 306 g/mol. The molecule has 1 saturated heterocycles. The van der Waals surface area contributed by atoms with Crippen LogP contribution in [0.4, 0.5) is 14.5 Å². The number of aromatic nitrogens is 2. The van der Waals surface area contributed by atoms with Gasteiger partial charge in [-0.15, -0.1) is 0 Å². The number of para-hydroxylation sites is 1. The second-order valence-corrected chi connectivity index (χ2v) is 5.59. The summed E-state index contributed by atoms with van der Waals surface area (Å²) in [6.45, 7) is 4.88. The van der Waals surface area contributed by atoms with Crippen LogP contribution in [-0.2, 0) is 13.1 Å². The van der Waals surface area contributed by atoms with E-state index in [2.05, 4.69) is 10.4 Å². The zero-order valence-corrected chi connectivity index (χ0v) is 12.6. The molecule has 1 aromatic heterocycles. The van der Waals surface area contributed by atoms with Crippen molar-refractivity contribution in [3.8, 4) is 0 Å². The molecule has 1 fully saturated rings. The first kappa shape index (κ1) is 15.0. The molecule has 3 rings (SSSR count). The lowest BCUT2D eigenvalue weighted by Gasteiger charge is -2.20. The third-order valence-corrected chi connectivity index (χ3v) is 4.05. The highest BCUT2D eigenvalue weighted by molar-refractivity contribution is 5.50. The fourth-order valence-corrected chi connectivity index (χ4v) is 2.85. The highest BCUT2D eigenvalue weighted by Crippen LogP contribution is 2.26. The van der Waals surface area contributed by atoms with Gasteiger partial charge in [-0.05, 0) is 25.5 Å². The summed E-state index contributed by atoms with van der Waals surface area (Å²) in [4.78, 5) is 1.78. The molecule has 22 heavy (non-hydrogen) atoms. The van der Waals surface area contributed by atoms with Gasteiger partial charge in [0.05, 0.1) is 6.20 Å². The van der Waals surface area contributed by atoms with Crippen molar-refractivity contribution >= 4 is 5.69 Å². The Morgan fingerprint density at radius 3 is 2.77 bits per heavy atom. The Labute approximate surface area is 128 Å². The topological polar surface area (TPSA) is 33.1 Å². The molecule has 118 valence electrons. The molecule has 1 aliphatic rings. The lowest BCUT2D eigenvalue weighted by Crippen LogP contribution is -2.32. The molecule has 1 N–H and O–H groups in total. The number of hydrogen-bond acceptors (Lipinski definition) is 3. The van der Waals surface area contributed by atoms with Gasteiger partial charge in [-0.2, -0.15) is 5.10 Å². The summed E-state index contributed by atoms with van der Waals surface area (Å²) in [5.41, 5.74) is 1.21. The third-order valence-electron chi connectivity index (χ3n) is 4.05. The van der Waals surface area contributed by atoms with E-state index in [1.54, 1.807) is 4.90 Å². The zero-order chi connectivity index (χ0) is 15.5. The first-order chi connectivity index (χ1) is 10.7. The summed E-state index contributed by atoms with van der Waals surface area (Å²) in [6, 6.07) is 4.23. The molecule has 0 amide bonds. The lowest BCUT2D eigenvalue weighted by molar-refractivity contribution is 0.546. The maximum Gasteiger partial charge on any atom is 0.149 e. The van der Waals surface area contributed by atoms with Crippen LogP contribution in [0.5, 0.6) is 0 Å². The largest absolute Gasteiger partial charge is 0.365 e. The second-order valence-electron chi connectivity index (χ2n) is 5.59. The van der Waals surface area contributed by atoms with Gasteiger partial charge in [0.2, 0.25) is 0 Å². The maximum absolute atomic E-state index is 13.8. The van der Waals surface area contributed by atoms with Crippen molar-refractivity contribution in [3.63, 3.8) is 0 Å². The Morgan fingerprint density at radius 2 is 2.09 bits per heavy atom. The molecule has 0 radical (unpaired) electrons. The molecule has 0 saturated carbocycles. The molecule has 1 atom stereocenters. The third kappa shape index (κ3) is 3.11. The molecule has 4 nitrogen and oxygen atoms in total. The predicted octanol–water partition coefficient (Wildman–Crippen LogP) is 2.55. The van der Waals surface area contributed by atoms with Gasteiger partial charge in [-0.3, -0.25) is 4.68 Å². The Morgan fingerprint density at radius 1 is 1.32 bits per heavy atom. The van der Waals surface area contributed by atoms with E-state index in [0.29, 0.717) is 13.1 Å². The van der Waals surface area contributed by atoms with E-state index < -0.39 is 11.6 Å². The van der Waals surface area contributed by atoms with Crippen LogP contribution < -0.4 is 10.2 Å². The van der Waals surface area contributed by atoms with Crippen molar-refractivity contribution in [2.45, 2.75) is 32.5 Å². The number of benzene rings is 1. The van der Waals surface area contributed by atoms with Crippen LogP contribution in [0.15, 0.2) is 30.6 Å². The van der Waals surface area contributed by atoms with Gasteiger partial charge >= 0.3 is 0 Å². The van der Waals surface area contributed by atoms with Gasteiger partial charge in [0.15, 0.2) is 0 Å². The number of halogens is 2. The summed E-state index contributed by atoms with van der Waals surface area (Å²) in [7, 11) is 0. The molecular formula is C16H20F2N4. The highest BCUT2D eigenvalue weighted by atomic mass is 19.1. The van der Waals surface area contributed by atoms with E-state index in [1.807, 2.05) is 24.0 Å². The van der Waals surface area contributed by atoms with Crippen molar-refractivity contribution in [2.75, 3.05) is 18.0 Å². The molecule has 2 heterocycles. The van der Waals surface area contributed by atoms with E-state index in [0.717, 1.165) is 25.1 Å². The minimum Gasteiger partial charge on any atom is -0.365 e. The fourth-order valence-electron chi connectivity index (χ4n) is 2.85. The van der Waals surface area contributed by atoms with Gasteiger partial charge in [-0.1, -0.05) is 6.07 Å². The molecular weight excluding hydrogens is 286 g/mol. The van der Waals surface area contributed by atoms with E-state index in [4.69, 9.17) is 0 Å². The van der Waals surface area contributed by atoms with Gasteiger partial charge in [0.25, 0.3) is 0 Å². The quantitative estimate of drug-likeness (QED) is 0.921. The average Bonchev–Trinajstić information content (AvgIpc) is 3.14. The van der Waals surface area contributed by atoms with Crippen molar-refractivity contribution in [3.05, 3.63) is 47.8 Å². The second kappa shape index (κ2) is 6.44. The van der Waals surface area contributed by atoms with Crippen molar-refractivity contribution < 1.29 is 8.78 Å². The van der Waals surface area contributed by atoms with Crippen molar-refractivity contribution in [1.82, 2.24) is 15.1 Å². The monoisotopic (exact) mass is 306 g/mol. The summed E-state index contributed by atoms with van der Waals surface area (Å²) >= 11 is 0. The summed E-state index contributed by atoms with van der Waals surface area (Å²) in [5.74, 6) is -0.991. The highest BCUT2D eigenvalue weighted by Gasteiger charge is 2.26. The van der Waals surface area contributed by atoms with Crippen LogP contribution in [-0.4, -0.2) is 28.9 Å². The van der Waals surface area contributed by atoms with Crippen LogP contribution in [0.25, 0.3) is 0 Å². The standard InChI is InChI=1S/C16H20F2N4/c1-2-22-10-12(9-20-22)8-19-13-6-7-21(11-13)16-14(17)4-3-5-15(16)18/h3-5,9-10,13,19H,2,6-8,11H2,1H3/t13-/m0/s1. The summed E-state index contributed by atoms with van der Waals surface area (Å²) in [5, 5.41) is 7.67. The van der Waals surface area contributed by atoms with Crippen LogP contribution in [0, 0.1) is 11.6 Å². The Balaban J connectivity index is 1.58. The minimum atomic E-state index is -0.495. The number of nitrogens with zero attached hydrogens (tertiary/aromatic N) is 3. The van der Waals surface area contributed by atoms with Crippen molar-refractivity contribution in [2.24, 2.45) is 0 Å². The number of anilines is 1. The normalized spacial score (nSPS) is 18.1. The van der Waals surface area contributed by atoms with Crippen LogP contribution in [0.2, 0.25) is 0 Å². The van der Waals surface area contributed by atoms with Crippen LogP contribution in [0.1, 0.15) is 18.9 Å². The molecule has 6 heteroatoms. The van der Waals surface area contributed by atoms with E-state index in [1.165, 1.54) is 18.2 Å². The number of nitrogens with one attached hydrogen (secondary N) is 1. The smallest absolute Gasteiger partial charge is 0.149 e. The van der Waals surface area contributed by atoms with Crippen molar-refractivity contribution in [1.29, 1.82) is 0 Å². The molecule has 0 aliphatic carbocycles. The van der Waals surface area contributed by atoms with Gasteiger partial charge in [0, 0.05) is 44.0 Å². The fraction of sp³-hybridized carbons (Fsp3) is 0.438. The first-order valence-electron chi connectivity index (χ1n) is 7.61. The zero-order valence-electron chi connectivity index (χ0n) is 12.6. The summed E-state index contributed by atoms with van der Waals surface area (Å²) < 4.78 is 29.5. The van der Waals surface area contributed by atoms with E-state index >= 15 is 0 Å². The van der Waals surface area contributed by atoms with E-state index in [-0.39, 0.29) is 11.7 Å². The number of aryl methyl sites for hydroxylation is 1. The Bertz CT molecular complexity index is 621. The lowest BCUT2D eigenvalue weighted by atomic mass is 10.2. The van der Waals surface area contributed by atoms with E-state index in [9.17, 15) is 8.78 Å². The number of rotatable bonds is 5. The van der Waals surface area contributed by atoms with Crippen LogP contribution >= 0.6 is 0 Å². The Hall–Kier alpha value is -1.95. The molecule has 0 unspecified atom stereocenters. The molecule has 0 spiro atoms.